The van der Waals surface area contributed by atoms with E-state index >= 15 is 0 Å². The zero-order valence-electron chi connectivity index (χ0n) is 20.3. The number of nitrogens with one attached hydrogen (secondary N) is 1. The normalized spacial score (nSPS) is 11.5. The molecule has 4 aromatic rings. The summed E-state index contributed by atoms with van der Waals surface area (Å²) in [5.74, 6) is -0.647. The molecule has 0 saturated carbocycles. The predicted molar refractivity (Wildman–Crippen MR) is 136 cm³/mol. The highest BCUT2D eigenvalue weighted by Gasteiger charge is 2.23. The number of rotatable bonds is 8. The highest BCUT2D eigenvalue weighted by atomic mass is 16.5. The lowest BCUT2D eigenvalue weighted by molar-refractivity contribution is -0.123. The second-order valence-corrected chi connectivity index (χ2v) is 8.27. The molecule has 0 aliphatic heterocycles. The number of ether oxygens (including phenoxy) is 2. The highest BCUT2D eigenvalue weighted by Crippen LogP contribution is 2.17. The van der Waals surface area contributed by atoms with Crippen molar-refractivity contribution < 1.29 is 19.1 Å². The van der Waals surface area contributed by atoms with Crippen LogP contribution in [0.25, 0.3) is 5.69 Å². The number of nitrogens with zero attached hydrogens (tertiary/aromatic N) is 2. The molecular weight excluding hydrogens is 458 g/mol. The number of esters is 1. The summed E-state index contributed by atoms with van der Waals surface area (Å²) in [5, 5.41) is 2.62. The maximum absolute atomic E-state index is 13.0. The number of hydrogen-bond acceptors (Lipinski definition) is 5. The summed E-state index contributed by atoms with van der Waals surface area (Å²) in [7, 11) is 1.73. The van der Waals surface area contributed by atoms with E-state index in [2.05, 4.69) is 5.32 Å². The van der Waals surface area contributed by atoms with E-state index < -0.39 is 18.0 Å². The van der Waals surface area contributed by atoms with E-state index in [1.165, 1.54) is 11.6 Å². The van der Waals surface area contributed by atoms with Gasteiger partial charge in [-0.05, 0) is 55.8 Å². The van der Waals surface area contributed by atoms with Gasteiger partial charge in [0.25, 0.3) is 11.5 Å². The average molecular weight is 486 g/mol. The minimum atomic E-state index is -1.12. The molecule has 0 bridgehead atoms. The van der Waals surface area contributed by atoms with Crippen LogP contribution in [0, 0.1) is 6.92 Å². The van der Waals surface area contributed by atoms with E-state index in [0.717, 1.165) is 5.56 Å². The van der Waals surface area contributed by atoms with Gasteiger partial charge in [-0.3, -0.25) is 14.3 Å². The summed E-state index contributed by atoms with van der Waals surface area (Å²) >= 11 is 0. The maximum Gasteiger partial charge on any atom is 0.338 e. The van der Waals surface area contributed by atoms with E-state index in [-0.39, 0.29) is 16.8 Å². The van der Waals surface area contributed by atoms with Crippen LogP contribution in [-0.4, -0.2) is 27.3 Å². The van der Waals surface area contributed by atoms with Crippen LogP contribution in [0.1, 0.15) is 28.5 Å². The maximum atomic E-state index is 13.0. The van der Waals surface area contributed by atoms with Gasteiger partial charge in [0.15, 0.2) is 6.10 Å². The van der Waals surface area contributed by atoms with Gasteiger partial charge >= 0.3 is 5.97 Å². The lowest BCUT2D eigenvalue weighted by atomic mass is 10.2. The van der Waals surface area contributed by atoms with Crippen molar-refractivity contribution in [3.63, 3.8) is 0 Å². The van der Waals surface area contributed by atoms with Gasteiger partial charge in [0.1, 0.15) is 18.0 Å². The van der Waals surface area contributed by atoms with Gasteiger partial charge in [-0.25, -0.2) is 9.48 Å². The number of carbonyl (C=O) groups excluding carboxylic acids is 2. The molecule has 36 heavy (non-hydrogen) atoms. The van der Waals surface area contributed by atoms with Gasteiger partial charge in [0.05, 0.1) is 16.9 Å². The molecule has 0 aliphatic carbocycles. The van der Waals surface area contributed by atoms with Crippen molar-refractivity contribution in [3.05, 3.63) is 112 Å². The van der Waals surface area contributed by atoms with Gasteiger partial charge in [-0.15, -0.1) is 0 Å². The Morgan fingerprint density at radius 1 is 0.917 bits per heavy atom. The molecule has 1 aromatic heterocycles. The minimum Gasteiger partial charge on any atom is -0.489 e. The second kappa shape index (κ2) is 10.8. The standard InChI is InChI=1S/C28H27N3O5/c1-19-25(27(33)31(30(19)3)23-12-8-5-9-13-23)29-26(32)20(2)36-28(34)22-14-16-24(17-15-22)35-18-21-10-6-4-7-11-21/h4-17,20H,18H2,1-3H3,(H,29,32). The number of hydrogen-bond donors (Lipinski definition) is 1. The van der Waals surface area contributed by atoms with Crippen molar-refractivity contribution in [3.8, 4) is 11.4 Å². The topological polar surface area (TPSA) is 91.6 Å². The molecule has 0 aliphatic rings. The lowest BCUT2D eigenvalue weighted by Gasteiger charge is -2.13. The van der Waals surface area contributed by atoms with Crippen LogP contribution in [0.2, 0.25) is 0 Å². The van der Waals surface area contributed by atoms with Crippen LogP contribution in [0.3, 0.4) is 0 Å². The molecule has 0 spiro atoms. The number of anilines is 1. The van der Waals surface area contributed by atoms with Crippen molar-refractivity contribution in [2.75, 3.05) is 5.32 Å². The van der Waals surface area contributed by atoms with Gasteiger partial charge in [0.2, 0.25) is 0 Å². The van der Waals surface area contributed by atoms with Crippen LogP contribution in [-0.2, 0) is 23.2 Å². The zero-order chi connectivity index (χ0) is 25.7. The van der Waals surface area contributed by atoms with E-state index in [4.69, 9.17) is 9.47 Å². The van der Waals surface area contributed by atoms with Crippen molar-refractivity contribution in [1.29, 1.82) is 0 Å². The van der Waals surface area contributed by atoms with Crippen LogP contribution in [0.15, 0.2) is 89.7 Å². The predicted octanol–water partition coefficient (Wildman–Crippen LogP) is 4.25. The Morgan fingerprint density at radius 3 is 2.17 bits per heavy atom. The fourth-order valence-corrected chi connectivity index (χ4v) is 3.65. The molecule has 8 heteroatoms. The van der Waals surface area contributed by atoms with Crippen molar-refractivity contribution in [1.82, 2.24) is 9.36 Å². The summed E-state index contributed by atoms with van der Waals surface area (Å²) in [5.41, 5.74) is 2.31. The summed E-state index contributed by atoms with van der Waals surface area (Å²) < 4.78 is 14.2. The molecule has 4 rings (SSSR count). The van der Waals surface area contributed by atoms with Crippen molar-refractivity contribution in [2.24, 2.45) is 7.05 Å². The molecule has 3 aromatic carbocycles. The fraction of sp³-hybridized carbons (Fsp3) is 0.179. The van der Waals surface area contributed by atoms with Gasteiger partial charge in [-0.1, -0.05) is 48.5 Å². The van der Waals surface area contributed by atoms with Crippen LogP contribution >= 0.6 is 0 Å². The molecule has 0 saturated heterocycles. The molecule has 0 radical (unpaired) electrons. The largest absolute Gasteiger partial charge is 0.489 e. The molecule has 1 heterocycles. The number of para-hydroxylation sites is 1. The number of amides is 1. The molecule has 184 valence electrons. The number of benzene rings is 3. The molecule has 0 fully saturated rings. The Hall–Kier alpha value is -4.59. The first-order chi connectivity index (χ1) is 17.3. The first-order valence-electron chi connectivity index (χ1n) is 11.5. The Kier molecular flexibility index (Phi) is 7.34. The molecule has 1 N–H and O–H groups in total. The van der Waals surface area contributed by atoms with Crippen LogP contribution < -0.4 is 15.6 Å². The number of carbonyl (C=O) groups is 2. The third-order valence-electron chi connectivity index (χ3n) is 5.79. The molecule has 1 amide bonds. The highest BCUT2D eigenvalue weighted by molar-refractivity contribution is 5.97. The summed E-state index contributed by atoms with van der Waals surface area (Å²) in [4.78, 5) is 38.3. The molecular formula is C28H27N3O5. The summed E-state index contributed by atoms with van der Waals surface area (Å²) in [6.45, 7) is 3.60. The second-order valence-electron chi connectivity index (χ2n) is 8.27. The third-order valence-corrected chi connectivity index (χ3v) is 5.79. The first kappa shape index (κ1) is 24.5. The van der Waals surface area contributed by atoms with Crippen LogP contribution in [0.5, 0.6) is 5.75 Å². The Morgan fingerprint density at radius 2 is 1.53 bits per heavy atom. The Bertz CT molecular complexity index is 1410. The van der Waals surface area contributed by atoms with E-state index in [0.29, 0.717) is 23.7 Å². The third kappa shape index (κ3) is 5.38. The van der Waals surface area contributed by atoms with E-state index in [9.17, 15) is 14.4 Å². The Labute approximate surface area is 208 Å². The van der Waals surface area contributed by atoms with Crippen LogP contribution in [0.4, 0.5) is 5.69 Å². The smallest absolute Gasteiger partial charge is 0.338 e. The fourth-order valence-electron chi connectivity index (χ4n) is 3.65. The van der Waals surface area contributed by atoms with Crippen molar-refractivity contribution in [2.45, 2.75) is 26.6 Å². The van der Waals surface area contributed by atoms with E-state index in [1.807, 2.05) is 48.5 Å². The molecule has 8 nitrogen and oxygen atoms in total. The molecule has 1 unspecified atom stereocenters. The summed E-state index contributed by atoms with van der Waals surface area (Å²) in [6.07, 6.45) is -1.12. The lowest BCUT2D eigenvalue weighted by Crippen LogP contribution is -2.32. The van der Waals surface area contributed by atoms with Gasteiger partial charge in [-0.2, -0.15) is 0 Å². The number of aromatic nitrogens is 2. The minimum absolute atomic E-state index is 0.133. The van der Waals surface area contributed by atoms with Gasteiger partial charge in [0, 0.05) is 7.05 Å². The monoisotopic (exact) mass is 485 g/mol. The van der Waals surface area contributed by atoms with Crippen molar-refractivity contribution >= 4 is 17.6 Å². The zero-order valence-corrected chi connectivity index (χ0v) is 20.3. The van der Waals surface area contributed by atoms with E-state index in [1.54, 1.807) is 55.1 Å². The SMILES string of the molecule is Cc1c(NC(=O)C(C)OC(=O)c2ccc(OCc3ccccc3)cc2)c(=O)n(-c2ccccc2)n1C. The average Bonchev–Trinajstić information content (AvgIpc) is 3.11. The molecule has 1 atom stereocenters. The Balaban J connectivity index is 1.38. The first-order valence-corrected chi connectivity index (χ1v) is 11.5. The van der Waals surface area contributed by atoms with Gasteiger partial charge < -0.3 is 14.8 Å². The summed E-state index contributed by atoms with van der Waals surface area (Å²) in [6, 6.07) is 25.3. The quantitative estimate of drug-likeness (QED) is 0.377.